The number of pyridine rings is 1. The van der Waals surface area contributed by atoms with Gasteiger partial charge in [-0.05, 0) is 70.6 Å². The van der Waals surface area contributed by atoms with Crippen LogP contribution in [0.3, 0.4) is 0 Å². The maximum atomic E-state index is 9.08. The average Bonchev–Trinajstić information content (AvgIpc) is 4.09. The van der Waals surface area contributed by atoms with Crippen LogP contribution in [0.5, 0.6) is 11.5 Å². The van der Waals surface area contributed by atoms with E-state index in [-0.39, 0.29) is 41.3 Å². The third kappa shape index (κ3) is 6.13. The SMILES string of the molecule is [2H]c1cc(-c2cccc(-c3c([2H])c([2H])c([2H])c([2H])c3[2H])c2N2CN(c3cccc(Oc4cc5c(c6ccccc6n5-c5cc(C(C)(C)C)ccn5)c5c4oc4ccccc45)c3)c3ccccc32)c([2H])c([2H])c1[2H]. The number of furan rings is 1. The van der Waals surface area contributed by atoms with Crippen LogP contribution in [0.25, 0.3) is 71.8 Å². The monoisotopic (exact) mass is 837 g/mol. The lowest BCUT2D eigenvalue weighted by Gasteiger charge is -2.27. The van der Waals surface area contributed by atoms with Crippen LogP contribution in [-0.2, 0) is 5.41 Å². The Bertz CT molecular complexity index is 4100. The Hall–Kier alpha value is -8.09. The Kier molecular flexibility index (Phi) is 6.76. The minimum Gasteiger partial charge on any atom is -0.453 e. The van der Waals surface area contributed by atoms with E-state index in [0.717, 1.165) is 60.9 Å². The van der Waals surface area contributed by atoms with Crippen molar-refractivity contribution < 1.29 is 21.5 Å². The molecule has 0 radical (unpaired) electrons. The molecule has 6 nitrogen and oxygen atoms in total. The van der Waals surface area contributed by atoms with Crippen LogP contribution in [0, 0.1) is 0 Å². The van der Waals surface area contributed by atoms with Crippen LogP contribution in [0.4, 0.5) is 22.7 Å². The van der Waals surface area contributed by atoms with Gasteiger partial charge in [0.05, 0.1) is 40.4 Å². The van der Waals surface area contributed by atoms with Gasteiger partial charge in [0, 0.05) is 56.7 Å². The van der Waals surface area contributed by atoms with Crippen molar-refractivity contribution in [3.05, 3.63) is 206 Å². The molecule has 11 aromatic rings. The van der Waals surface area contributed by atoms with E-state index in [1.165, 1.54) is 6.07 Å². The first-order chi connectivity index (χ1) is 35.1. The zero-order valence-electron chi connectivity index (χ0n) is 44.2. The second-order valence-electron chi connectivity index (χ2n) is 16.9. The van der Waals surface area contributed by atoms with Gasteiger partial charge < -0.3 is 19.0 Å². The fourth-order valence-corrected chi connectivity index (χ4v) is 9.18. The zero-order valence-corrected chi connectivity index (χ0v) is 35.2. The molecule has 1 aliphatic rings. The number of rotatable bonds is 7. The Balaban J connectivity index is 1.02. The van der Waals surface area contributed by atoms with Crippen LogP contribution < -0.4 is 14.5 Å². The van der Waals surface area contributed by atoms with E-state index in [4.69, 9.17) is 26.5 Å². The minimum atomic E-state index is -0.528. The largest absolute Gasteiger partial charge is 0.453 e. The van der Waals surface area contributed by atoms with Gasteiger partial charge in [-0.2, -0.15) is 0 Å². The molecule has 3 aromatic heterocycles. The third-order valence-electron chi connectivity index (χ3n) is 12.1. The lowest BCUT2D eigenvalue weighted by molar-refractivity contribution is 0.477. The smallest absolute Gasteiger partial charge is 0.178 e. The second-order valence-corrected chi connectivity index (χ2v) is 16.9. The Morgan fingerprint density at radius 2 is 1.31 bits per heavy atom. The Labute approximate surface area is 384 Å². The highest BCUT2D eigenvalue weighted by Gasteiger charge is 2.32. The summed E-state index contributed by atoms with van der Waals surface area (Å²) in [7, 11) is 0. The number of hydrogen-bond acceptors (Lipinski definition) is 5. The molecule has 0 bridgehead atoms. The molecule has 0 N–H and O–H groups in total. The standard InChI is InChI=1S/C58H44N4O2/c1-58(2,3)40-32-33-59-53(34-40)62-47-28-12-10-24-45(47)54-50(62)36-52(57-55(54)46-25-11-15-31-51(46)64-57)63-42-23-16-22-41(35-42)60-37-61(49-30-14-13-29-48(49)60)56-43(38-18-6-4-7-19-38)26-17-27-44(56)39-20-8-5-9-21-39/h4-36H,37H2,1-3H3/i4D,5D,6D,7D,8D,9D,18D,19D,20D. The average molecular weight is 838 g/mol. The van der Waals surface area contributed by atoms with E-state index in [0.29, 0.717) is 39.6 Å². The fourth-order valence-electron chi connectivity index (χ4n) is 9.18. The molecule has 0 saturated carbocycles. The van der Waals surface area contributed by atoms with Crippen molar-refractivity contribution in [1.82, 2.24) is 9.55 Å². The molecule has 6 heteroatoms. The lowest BCUT2D eigenvalue weighted by atomic mass is 9.88. The van der Waals surface area contributed by atoms with E-state index in [9.17, 15) is 0 Å². The van der Waals surface area contributed by atoms with Crippen molar-refractivity contribution in [2.24, 2.45) is 0 Å². The molecule has 0 fully saturated rings. The van der Waals surface area contributed by atoms with Crippen molar-refractivity contribution in [1.29, 1.82) is 0 Å². The van der Waals surface area contributed by atoms with Gasteiger partial charge in [-0.15, -0.1) is 0 Å². The molecule has 0 atom stereocenters. The molecule has 0 spiro atoms. The molecule has 0 amide bonds. The molecule has 0 unspecified atom stereocenters. The fraction of sp³-hybridized carbons (Fsp3) is 0.0862. The molecule has 12 rings (SSSR count). The Morgan fingerprint density at radius 1 is 0.609 bits per heavy atom. The van der Waals surface area contributed by atoms with Crippen LogP contribution in [0.1, 0.15) is 38.7 Å². The van der Waals surface area contributed by atoms with E-state index in [2.05, 4.69) is 60.6 Å². The van der Waals surface area contributed by atoms with Crippen molar-refractivity contribution >= 4 is 66.5 Å². The van der Waals surface area contributed by atoms with Crippen molar-refractivity contribution in [2.75, 3.05) is 16.5 Å². The maximum absolute atomic E-state index is 9.08. The molecular formula is C58H44N4O2. The van der Waals surface area contributed by atoms with Gasteiger partial charge in [0.1, 0.15) is 23.8 Å². The molecule has 64 heavy (non-hydrogen) atoms. The summed E-state index contributed by atoms with van der Waals surface area (Å²) in [5.74, 6) is 1.80. The van der Waals surface area contributed by atoms with E-state index in [1.54, 1.807) is 18.2 Å². The topological polar surface area (TPSA) is 46.7 Å². The first-order valence-corrected chi connectivity index (χ1v) is 21.1. The number of aromatic nitrogens is 2. The number of para-hydroxylation sites is 5. The third-order valence-corrected chi connectivity index (χ3v) is 12.1. The minimum absolute atomic E-state index is 0.0411. The summed E-state index contributed by atoms with van der Waals surface area (Å²) < 4.78 is 94.3. The summed E-state index contributed by atoms with van der Waals surface area (Å²) >= 11 is 0. The van der Waals surface area contributed by atoms with Crippen LogP contribution in [-0.4, -0.2) is 16.2 Å². The van der Waals surface area contributed by atoms with Gasteiger partial charge in [0.2, 0.25) is 0 Å². The molecule has 8 aromatic carbocycles. The molecule has 0 saturated heterocycles. The summed E-state index contributed by atoms with van der Waals surface area (Å²) in [4.78, 5) is 8.98. The molecular weight excluding hydrogens is 785 g/mol. The first kappa shape index (κ1) is 29.3. The normalized spacial score (nSPS) is 14.8. The Morgan fingerprint density at radius 3 is 2.14 bits per heavy atom. The van der Waals surface area contributed by atoms with Gasteiger partial charge >= 0.3 is 0 Å². The molecule has 1 aliphatic heterocycles. The van der Waals surface area contributed by atoms with Gasteiger partial charge in [0.15, 0.2) is 11.3 Å². The number of benzene rings is 8. The van der Waals surface area contributed by atoms with Gasteiger partial charge in [-0.1, -0.05) is 154 Å². The second kappa shape index (κ2) is 14.8. The van der Waals surface area contributed by atoms with Crippen molar-refractivity contribution in [3.8, 4) is 39.6 Å². The number of ether oxygens (including phenoxy) is 1. The predicted molar refractivity (Wildman–Crippen MR) is 264 cm³/mol. The van der Waals surface area contributed by atoms with Crippen LogP contribution in [0.2, 0.25) is 0 Å². The number of nitrogens with zero attached hydrogens (tertiary/aromatic N) is 4. The zero-order chi connectivity index (χ0) is 50.8. The lowest BCUT2D eigenvalue weighted by Crippen LogP contribution is -2.24. The van der Waals surface area contributed by atoms with E-state index < -0.39 is 36.3 Å². The highest BCUT2D eigenvalue weighted by molar-refractivity contribution is 6.28. The van der Waals surface area contributed by atoms with Crippen molar-refractivity contribution in [3.63, 3.8) is 0 Å². The number of hydrogen-bond donors (Lipinski definition) is 0. The first-order valence-electron chi connectivity index (χ1n) is 25.6. The highest BCUT2D eigenvalue weighted by atomic mass is 16.5. The van der Waals surface area contributed by atoms with Crippen LogP contribution >= 0.6 is 0 Å². The number of anilines is 4. The predicted octanol–water partition coefficient (Wildman–Crippen LogP) is 15.7. The maximum Gasteiger partial charge on any atom is 0.178 e. The summed E-state index contributed by atoms with van der Waals surface area (Å²) in [6.45, 7) is 6.72. The summed E-state index contributed by atoms with van der Waals surface area (Å²) in [5, 5.41) is 3.93. The molecule has 308 valence electrons. The highest BCUT2D eigenvalue weighted by Crippen LogP contribution is 2.51. The van der Waals surface area contributed by atoms with Crippen molar-refractivity contribution in [2.45, 2.75) is 26.2 Å². The summed E-state index contributed by atoms with van der Waals surface area (Å²) in [5.41, 5.74) is 7.67. The van der Waals surface area contributed by atoms with Gasteiger partial charge in [-0.3, -0.25) is 4.57 Å². The van der Waals surface area contributed by atoms with E-state index in [1.807, 2.05) is 96.0 Å². The van der Waals surface area contributed by atoms with Gasteiger partial charge in [0.25, 0.3) is 0 Å². The summed E-state index contributed by atoms with van der Waals surface area (Å²) in [6, 6.07) is 40.8. The van der Waals surface area contributed by atoms with E-state index >= 15 is 0 Å². The molecule has 4 heterocycles. The van der Waals surface area contributed by atoms with Crippen LogP contribution in [0.15, 0.2) is 205 Å². The van der Waals surface area contributed by atoms with Gasteiger partial charge in [-0.25, -0.2) is 4.98 Å². The number of fused-ring (bicyclic) bond motifs is 8. The summed E-state index contributed by atoms with van der Waals surface area (Å²) in [6.07, 6.45) is 1.86. The molecule has 0 aliphatic carbocycles. The quantitative estimate of drug-likeness (QED) is 0.160.